The van der Waals surface area contributed by atoms with Crippen LogP contribution in [0, 0.1) is 6.92 Å². The van der Waals surface area contributed by atoms with Crippen molar-refractivity contribution in [1.29, 1.82) is 0 Å². The Kier molecular flexibility index (Phi) is 4.48. The lowest BCUT2D eigenvalue weighted by atomic mass is 10.2. The molecule has 0 fully saturated rings. The van der Waals surface area contributed by atoms with Gasteiger partial charge in [-0.25, -0.2) is 22.0 Å². The number of halogens is 1. The number of aryl methyl sites for hydroxylation is 1. The molecule has 2 aromatic rings. The number of nitrogens with two attached hydrogens (primary N) is 1. The van der Waals surface area contributed by atoms with Gasteiger partial charge in [-0.1, -0.05) is 11.6 Å². The highest BCUT2D eigenvalue weighted by atomic mass is 35.5. The van der Waals surface area contributed by atoms with Crippen molar-refractivity contribution in [1.82, 2.24) is 0 Å². The molecule has 6 nitrogen and oxygen atoms in total. The number of primary sulfonamides is 1. The van der Waals surface area contributed by atoms with Crippen molar-refractivity contribution in [2.45, 2.75) is 16.7 Å². The predicted octanol–water partition coefficient (Wildman–Crippen LogP) is 2.10. The molecule has 0 aromatic heterocycles. The molecule has 9 heteroatoms. The van der Waals surface area contributed by atoms with E-state index in [0.717, 1.165) is 12.1 Å². The maximum Gasteiger partial charge on any atom is 0.261 e. The Hall–Kier alpha value is -1.61. The Morgan fingerprint density at radius 3 is 2.00 bits per heavy atom. The second-order valence-electron chi connectivity index (χ2n) is 4.58. The summed E-state index contributed by atoms with van der Waals surface area (Å²) in [6.07, 6.45) is 0. The summed E-state index contributed by atoms with van der Waals surface area (Å²) < 4.78 is 49.3. The van der Waals surface area contributed by atoms with E-state index in [4.69, 9.17) is 16.7 Å². The van der Waals surface area contributed by atoms with Gasteiger partial charge in [0.1, 0.15) is 0 Å². The molecule has 0 aliphatic heterocycles. The lowest BCUT2D eigenvalue weighted by Gasteiger charge is -2.11. The molecule has 0 heterocycles. The van der Waals surface area contributed by atoms with E-state index in [-0.39, 0.29) is 9.79 Å². The zero-order valence-corrected chi connectivity index (χ0v) is 13.8. The van der Waals surface area contributed by atoms with E-state index in [2.05, 4.69) is 4.72 Å². The van der Waals surface area contributed by atoms with Crippen molar-refractivity contribution in [3.63, 3.8) is 0 Å². The average molecular weight is 361 g/mol. The van der Waals surface area contributed by atoms with Gasteiger partial charge in [0.15, 0.2) is 0 Å². The number of sulfonamides is 2. The van der Waals surface area contributed by atoms with E-state index in [1.807, 2.05) is 0 Å². The molecule has 2 aromatic carbocycles. The van der Waals surface area contributed by atoms with Crippen LogP contribution in [-0.4, -0.2) is 16.8 Å². The Morgan fingerprint density at radius 1 is 0.955 bits per heavy atom. The first-order valence-electron chi connectivity index (χ1n) is 6.01. The fraction of sp³-hybridized carbons (Fsp3) is 0.0769. The van der Waals surface area contributed by atoms with Crippen molar-refractivity contribution in [3.05, 3.63) is 53.1 Å². The van der Waals surface area contributed by atoms with Gasteiger partial charge in [-0.3, -0.25) is 4.72 Å². The standard InChI is InChI=1S/C13H13ClN2O4S2/c1-9-8-10(14)2-7-13(9)16-22(19,20)12-5-3-11(4-6-12)21(15,17)18/h2-8,16H,1H3,(H2,15,17,18). The molecule has 0 amide bonds. The maximum absolute atomic E-state index is 12.3. The van der Waals surface area contributed by atoms with Crippen LogP contribution in [0.15, 0.2) is 52.3 Å². The zero-order valence-electron chi connectivity index (χ0n) is 11.4. The van der Waals surface area contributed by atoms with Gasteiger partial charge in [0.05, 0.1) is 15.5 Å². The number of hydrogen-bond donors (Lipinski definition) is 2. The van der Waals surface area contributed by atoms with Gasteiger partial charge in [-0.2, -0.15) is 0 Å². The molecule has 0 radical (unpaired) electrons. The average Bonchev–Trinajstić information content (AvgIpc) is 2.41. The topological polar surface area (TPSA) is 106 Å². The first-order chi connectivity index (χ1) is 10.1. The Bertz CT molecular complexity index is 908. The second-order valence-corrected chi connectivity index (χ2v) is 8.26. The van der Waals surface area contributed by atoms with E-state index in [9.17, 15) is 16.8 Å². The van der Waals surface area contributed by atoms with Gasteiger partial charge in [0.2, 0.25) is 10.0 Å². The molecule has 118 valence electrons. The summed E-state index contributed by atoms with van der Waals surface area (Å²) in [6, 6.07) is 9.37. The molecule has 22 heavy (non-hydrogen) atoms. The Balaban J connectivity index is 2.34. The minimum Gasteiger partial charge on any atom is -0.279 e. The van der Waals surface area contributed by atoms with E-state index in [0.29, 0.717) is 16.3 Å². The molecule has 3 N–H and O–H groups in total. The van der Waals surface area contributed by atoms with Crippen LogP contribution in [0.5, 0.6) is 0 Å². The largest absolute Gasteiger partial charge is 0.279 e. The highest BCUT2D eigenvalue weighted by Crippen LogP contribution is 2.23. The van der Waals surface area contributed by atoms with Crippen LogP contribution in [0.25, 0.3) is 0 Å². The van der Waals surface area contributed by atoms with E-state index >= 15 is 0 Å². The molecule has 0 aliphatic carbocycles. The Morgan fingerprint density at radius 2 is 1.50 bits per heavy atom. The number of nitrogens with one attached hydrogen (secondary N) is 1. The first kappa shape index (κ1) is 16.8. The number of hydrogen-bond acceptors (Lipinski definition) is 4. The van der Waals surface area contributed by atoms with Crippen LogP contribution in [-0.2, 0) is 20.0 Å². The smallest absolute Gasteiger partial charge is 0.261 e. The van der Waals surface area contributed by atoms with E-state index < -0.39 is 20.0 Å². The third-order valence-corrected chi connectivity index (χ3v) is 5.44. The van der Waals surface area contributed by atoms with Crippen LogP contribution in [0.1, 0.15) is 5.56 Å². The van der Waals surface area contributed by atoms with Crippen LogP contribution in [0.4, 0.5) is 5.69 Å². The van der Waals surface area contributed by atoms with Gasteiger partial charge in [0, 0.05) is 5.02 Å². The molecule has 0 saturated carbocycles. The molecule has 0 spiro atoms. The molecule has 0 bridgehead atoms. The van der Waals surface area contributed by atoms with Crippen LogP contribution in [0.3, 0.4) is 0 Å². The summed E-state index contributed by atoms with van der Waals surface area (Å²) in [7, 11) is -7.70. The summed E-state index contributed by atoms with van der Waals surface area (Å²) in [5, 5.41) is 5.47. The zero-order chi connectivity index (χ0) is 16.5. The van der Waals surface area contributed by atoms with E-state index in [1.54, 1.807) is 25.1 Å². The molecule has 0 unspecified atom stereocenters. The van der Waals surface area contributed by atoms with Gasteiger partial charge >= 0.3 is 0 Å². The Labute approximate surface area is 134 Å². The van der Waals surface area contributed by atoms with Crippen LogP contribution in [0.2, 0.25) is 5.02 Å². The maximum atomic E-state index is 12.3. The summed E-state index contributed by atoms with van der Waals surface area (Å²) in [5.74, 6) is 0. The molecule has 2 rings (SSSR count). The van der Waals surface area contributed by atoms with Gasteiger partial charge in [-0.15, -0.1) is 0 Å². The lowest BCUT2D eigenvalue weighted by molar-refractivity contribution is 0.595. The predicted molar refractivity (Wildman–Crippen MR) is 84.8 cm³/mol. The minimum absolute atomic E-state index is 0.0748. The van der Waals surface area contributed by atoms with Crippen LogP contribution >= 0.6 is 11.6 Å². The van der Waals surface area contributed by atoms with Crippen molar-refractivity contribution >= 4 is 37.3 Å². The number of rotatable bonds is 4. The number of benzene rings is 2. The van der Waals surface area contributed by atoms with Crippen molar-refractivity contribution in [2.75, 3.05) is 4.72 Å². The van der Waals surface area contributed by atoms with Crippen LogP contribution < -0.4 is 9.86 Å². The van der Waals surface area contributed by atoms with Gasteiger partial charge in [0.25, 0.3) is 10.0 Å². The third-order valence-electron chi connectivity index (χ3n) is 2.90. The number of anilines is 1. The molecule has 0 aliphatic rings. The highest BCUT2D eigenvalue weighted by molar-refractivity contribution is 7.92. The van der Waals surface area contributed by atoms with Gasteiger partial charge < -0.3 is 0 Å². The summed E-state index contributed by atoms with van der Waals surface area (Å²) in [5.41, 5.74) is 1.05. The molecular formula is C13H13ClN2O4S2. The first-order valence-corrected chi connectivity index (χ1v) is 9.42. The lowest BCUT2D eigenvalue weighted by Crippen LogP contribution is -2.15. The molecule has 0 atom stereocenters. The molecular weight excluding hydrogens is 348 g/mol. The highest BCUT2D eigenvalue weighted by Gasteiger charge is 2.17. The third kappa shape index (κ3) is 3.77. The summed E-state index contributed by atoms with van der Waals surface area (Å²) in [4.78, 5) is -0.233. The SMILES string of the molecule is Cc1cc(Cl)ccc1NS(=O)(=O)c1ccc(S(N)(=O)=O)cc1. The molecule has 0 saturated heterocycles. The van der Waals surface area contributed by atoms with E-state index in [1.165, 1.54) is 12.1 Å². The second kappa shape index (κ2) is 5.88. The fourth-order valence-electron chi connectivity index (χ4n) is 1.75. The van der Waals surface area contributed by atoms with Crippen molar-refractivity contribution < 1.29 is 16.8 Å². The van der Waals surface area contributed by atoms with Gasteiger partial charge in [-0.05, 0) is 55.0 Å². The quantitative estimate of drug-likeness (QED) is 0.870. The van der Waals surface area contributed by atoms with Crippen molar-refractivity contribution in [2.24, 2.45) is 5.14 Å². The normalized spacial score (nSPS) is 12.1. The fourth-order valence-corrected chi connectivity index (χ4v) is 3.63. The summed E-state index contributed by atoms with van der Waals surface area (Å²) in [6.45, 7) is 1.72. The summed E-state index contributed by atoms with van der Waals surface area (Å²) >= 11 is 5.82. The van der Waals surface area contributed by atoms with Crippen molar-refractivity contribution in [3.8, 4) is 0 Å². The monoisotopic (exact) mass is 360 g/mol. The minimum atomic E-state index is -3.87.